The highest BCUT2D eigenvalue weighted by Gasteiger charge is 2.20. The molecule has 0 aromatic heterocycles. The highest BCUT2D eigenvalue weighted by atomic mass is 35.5. The van der Waals surface area contributed by atoms with Gasteiger partial charge in [-0.25, -0.2) is 0 Å². The van der Waals surface area contributed by atoms with E-state index in [1.54, 1.807) is 0 Å². The molecule has 0 bridgehead atoms. The molecule has 0 spiro atoms. The second-order valence-electron chi connectivity index (χ2n) is 3.68. The summed E-state index contributed by atoms with van der Waals surface area (Å²) in [5, 5.41) is 0.201. The van der Waals surface area contributed by atoms with E-state index in [0.29, 0.717) is 5.92 Å². The summed E-state index contributed by atoms with van der Waals surface area (Å²) >= 11 is 12.0. The lowest BCUT2D eigenvalue weighted by molar-refractivity contribution is 0.505. The molecule has 0 aromatic carbocycles. The van der Waals surface area contributed by atoms with Crippen molar-refractivity contribution >= 4 is 23.2 Å². The molecule has 0 fully saturated rings. The second kappa shape index (κ2) is 3.82. The van der Waals surface area contributed by atoms with Crippen LogP contribution in [0.1, 0.15) is 34.1 Å². The first kappa shape index (κ1) is 10.6. The van der Waals surface area contributed by atoms with E-state index in [-0.39, 0.29) is 10.3 Å². The summed E-state index contributed by atoms with van der Waals surface area (Å²) in [6.07, 6.45) is 0.869. The van der Waals surface area contributed by atoms with E-state index < -0.39 is 0 Å². The molecule has 0 nitrogen and oxygen atoms in total. The predicted molar refractivity (Wildman–Crippen MR) is 49.0 cm³/mol. The zero-order chi connectivity index (χ0) is 8.36. The third kappa shape index (κ3) is 5.37. The molecule has 0 aliphatic heterocycles. The number of hydrogen-bond donors (Lipinski definition) is 0. The van der Waals surface area contributed by atoms with Crippen LogP contribution in [0.25, 0.3) is 0 Å². The van der Waals surface area contributed by atoms with Crippen molar-refractivity contribution in [2.24, 2.45) is 5.92 Å². The molecule has 0 heterocycles. The third-order valence-electron chi connectivity index (χ3n) is 1.40. The van der Waals surface area contributed by atoms with E-state index >= 15 is 0 Å². The highest BCUT2D eigenvalue weighted by Crippen LogP contribution is 2.26. The maximum Gasteiger partial charge on any atom is 0.0404 e. The fourth-order valence-corrected chi connectivity index (χ4v) is 1.33. The Bertz CT molecular complexity index is 91.9. The maximum atomic E-state index is 6.02. The standard InChI is InChI=1S/C8H16Cl2/c1-6(2)7(9)5-8(3,4)10/h6-7H,5H2,1-4H3. The summed E-state index contributed by atoms with van der Waals surface area (Å²) in [4.78, 5) is -0.156. The largest absolute Gasteiger partial charge is 0.123 e. The van der Waals surface area contributed by atoms with E-state index in [1.165, 1.54) is 0 Å². The van der Waals surface area contributed by atoms with Crippen molar-refractivity contribution in [3.8, 4) is 0 Å². The fourth-order valence-electron chi connectivity index (χ4n) is 0.699. The SMILES string of the molecule is CC(C)C(Cl)CC(C)(C)Cl. The van der Waals surface area contributed by atoms with Crippen LogP contribution >= 0.6 is 23.2 Å². The monoisotopic (exact) mass is 182 g/mol. The number of hydrogen-bond acceptors (Lipinski definition) is 0. The Kier molecular flexibility index (Phi) is 4.05. The Balaban J connectivity index is 3.68. The first-order valence-electron chi connectivity index (χ1n) is 3.66. The Morgan fingerprint density at radius 2 is 1.70 bits per heavy atom. The normalized spacial score (nSPS) is 15.9. The van der Waals surface area contributed by atoms with E-state index in [2.05, 4.69) is 13.8 Å². The van der Waals surface area contributed by atoms with Gasteiger partial charge in [-0.3, -0.25) is 0 Å². The minimum Gasteiger partial charge on any atom is -0.123 e. The predicted octanol–water partition coefficient (Wildman–Crippen LogP) is 3.66. The molecule has 2 heteroatoms. The van der Waals surface area contributed by atoms with Crippen molar-refractivity contribution in [1.82, 2.24) is 0 Å². The molecule has 0 saturated heterocycles. The van der Waals surface area contributed by atoms with Crippen LogP contribution in [-0.4, -0.2) is 10.3 Å². The van der Waals surface area contributed by atoms with Gasteiger partial charge in [0.1, 0.15) is 0 Å². The molecular formula is C8H16Cl2. The van der Waals surface area contributed by atoms with Gasteiger partial charge in [0.05, 0.1) is 0 Å². The molecule has 0 aromatic rings. The van der Waals surface area contributed by atoms with Gasteiger partial charge >= 0.3 is 0 Å². The van der Waals surface area contributed by atoms with E-state index in [0.717, 1.165) is 6.42 Å². The van der Waals surface area contributed by atoms with Gasteiger partial charge in [-0.1, -0.05) is 13.8 Å². The van der Waals surface area contributed by atoms with Crippen LogP contribution in [-0.2, 0) is 0 Å². The van der Waals surface area contributed by atoms with Gasteiger partial charge < -0.3 is 0 Å². The Hall–Kier alpha value is 0.580. The van der Waals surface area contributed by atoms with Crippen molar-refractivity contribution in [3.05, 3.63) is 0 Å². The lowest BCUT2D eigenvalue weighted by atomic mass is 10.00. The molecule has 0 aliphatic rings. The van der Waals surface area contributed by atoms with Crippen LogP contribution in [0.15, 0.2) is 0 Å². The van der Waals surface area contributed by atoms with Crippen molar-refractivity contribution in [3.63, 3.8) is 0 Å². The summed E-state index contributed by atoms with van der Waals surface area (Å²) in [6.45, 7) is 8.21. The summed E-state index contributed by atoms with van der Waals surface area (Å²) in [7, 11) is 0. The van der Waals surface area contributed by atoms with E-state index in [1.807, 2.05) is 13.8 Å². The molecule has 10 heavy (non-hydrogen) atoms. The quantitative estimate of drug-likeness (QED) is 0.585. The number of halogens is 2. The molecule has 0 amide bonds. The third-order valence-corrected chi connectivity index (χ3v) is 2.22. The zero-order valence-electron chi connectivity index (χ0n) is 7.12. The minimum absolute atomic E-state index is 0.156. The van der Waals surface area contributed by atoms with E-state index in [9.17, 15) is 0 Å². The van der Waals surface area contributed by atoms with Gasteiger partial charge in [0.25, 0.3) is 0 Å². The smallest absolute Gasteiger partial charge is 0.0404 e. The van der Waals surface area contributed by atoms with Crippen molar-refractivity contribution in [1.29, 1.82) is 0 Å². The summed E-state index contributed by atoms with van der Waals surface area (Å²) in [6, 6.07) is 0. The van der Waals surface area contributed by atoms with Gasteiger partial charge in [0.15, 0.2) is 0 Å². The Labute approximate surface area is 73.9 Å². The van der Waals surface area contributed by atoms with Gasteiger partial charge in [-0.15, -0.1) is 23.2 Å². The van der Waals surface area contributed by atoms with Gasteiger partial charge in [0, 0.05) is 10.3 Å². The van der Waals surface area contributed by atoms with Crippen LogP contribution in [0, 0.1) is 5.92 Å². The molecule has 62 valence electrons. The lowest BCUT2D eigenvalue weighted by Gasteiger charge is -2.21. The molecule has 1 atom stereocenters. The Morgan fingerprint density at radius 3 is 1.80 bits per heavy atom. The van der Waals surface area contributed by atoms with Crippen LogP contribution in [0.3, 0.4) is 0 Å². The minimum atomic E-state index is -0.156. The number of alkyl halides is 2. The summed E-state index contributed by atoms with van der Waals surface area (Å²) < 4.78 is 0. The summed E-state index contributed by atoms with van der Waals surface area (Å²) in [5.74, 6) is 0.514. The van der Waals surface area contributed by atoms with Gasteiger partial charge in [-0.05, 0) is 26.2 Å². The average Bonchev–Trinajstić information content (AvgIpc) is 1.60. The molecule has 0 aliphatic carbocycles. The first-order valence-corrected chi connectivity index (χ1v) is 4.47. The van der Waals surface area contributed by atoms with Crippen molar-refractivity contribution in [2.75, 3.05) is 0 Å². The van der Waals surface area contributed by atoms with Crippen molar-refractivity contribution in [2.45, 2.75) is 44.4 Å². The molecule has 0 saturated carbocycles. The van der Waals surface area contributed by atoms with Crippen LogP contribution in [0.4, 0.5) is 0 Å². The van der Waals surface area contributed by atoms with E-state index in [4.69, 9.17) is 23.2 Å². The van der Waals surface area contributed by atoms with Gasteiger partial charge in [-0.2, -0.15) is 0 Å². The topological polar surface area (TPSA) is 0 Å². The first-order chi connectivity index (χ1) is 4.33. The molecular weight excluding hydrogens is 167 g/mol. The van der Waals surface area contributed by atoms with Crippen LogP contribution in [0.2, 0.25) is 0 Å². The average molecular weight is 183 g/mol. The number of rotatable bonds is 3. The summed E-state index contributed by atoms with van der Waals surface area (Å²) in [5.41, 5.74) is 0. The lowest BCUT2D eigenvalue weighted by Crippen LogP contribution is -2.20. The molecule has 0 N–H and O–H groups in total. The zero-order valence-corrected chi connectivity index (χ0v) is 8.63. The highest BCUT2D eigenvalue weighted by molar-refractivity contribution is 6.25. The molecule has 0 radical (unpaired) electrons. The van der Waals surface area contributed by atoms with Crippen LogP contribution in [0.5, 0.6) is 0 Å². The molecule has 0 rings (SSSR count). The van der Waals surface area contributed by atoms with Crippen molar-refractivity contribution < 1.29 is 0 Å². The Morgan fingerprint density at radius 1 is 1.30 bits per heavy atom. The maximum absolute atomic E-state index is 6.02. The van der Waals surface area contributed by atoms with Gasteiger partial charge in [0.2, 0.25) is 0 Å². The second-order valence-corrected chi connectivity index (χ2v) is 5.27. The van der Waals surface area contributed by atoms with Crippen LogP contribution < -0.4 is 0 Å². The fraction of sp³-hybridized carbons (Fsp3) is 1.00. The molecule has 1 unspecified atom stereocenters.